The number of carbonyl (C=O) groups is 1. The SMILES string of the molecule is CCN(C[C@H]1CCCO1)C(=O)c1cc(C2CC2)nc2ccccc12. The second-order valence-corrected chi connectivity index (χ2v) is 6.86. The first-order valence-electron chi connectivity index (χ1n) is 9.07. The van der Waals surface area contributed by atoms with Crippen LogP contribution in [0.25, 0.3) is 10.9 Å². The molecule has 1 aliphatic carbocycles. The predicted octanol–water partition coefficient (Wildman–Crippen LogP) is 3.75. The van der Waals surface area contributed by atoms with Gasteiger partial charge in [-0.05, 0) is 44.7 Å². The Balaban J connectivity index is 1.68. The Morgan fingerprint density at radius 1 is 1.29 bits per heavy atom. The predicted molar refractivity (Wildman–Crippen MR) is 94.3 cm³/mol. The molecule has 2 fully saturated rings. The molecule has 2 aliphatic rings. The monoisotopic (exact) mass is 324 g/mol. The summed E-state index contributed by atoms with van der Waals surface area (Å²) in [6.07, 6.45) is 4.71. The molecule has 1 aliphatic heterocycles. The minimum Gasteiger partial charge on any atom is -0.376 e. The fourth-order valence-electron chi connectivity index (χ4n) is 3.52. The Kier molecular flexibility index (Phi) is 4.23. The summed E-state index contributed by atoms with van der Waals surface area (Å²) in [5.74, 6) is 0.642. The number of hydrogen-bond donors (Lipinski definition) is 0. The zero-order chi connectivity index (χ0) is 16.5. The van der Waals surface area contributed by atoms with Gasteiger partial charge in [-0.1, -0.05) is 18.2 Å². The number of nitrogens with zero attached hydrogens (tertiary/aromatic N) is 2. The summed E-state index contributed by atoms with van der Waals surface area (Å²) in [6.45, 7) is 4.25. The van der Waals surface area contributed by atoms with Gasteiger partial charge in [0.05, 0.1) is 17.2 Å². The lowest BCUT2D eigenvalue weighted by atomic mass is 10.0. The lowest BCUT2D eigenvalue weighted by molar-refractivity contribution is 0.0540. The average Bonchev–Trinajstić information content (AvgIpc) is 3.35. The molecule has 1 amide bonds. The van der Waals surface area contributed by atoms with Crippen molar-refractivity contribution in [2.45, 2.75) is 44.6 Å². The van der Waals surface area contributed by atoms with E-state index < -0.39 is 0 Å². The van der Waals surface area contributed by atoms with Crippen molar-refractivity contribution in [3.63, 3.8) is 0 Å². The van der Waals surface area contributed by atoms with Crippen LogP contribution in [0.15, 0.2) is 30.3 Å². The van der Waals surface area contributed by atoms with Gasteiger partial charge in [-0.2, -0.15) is 0 Å². The van der Waals surface area contributed by atoms with Crippen molar-refractivity contribution in [1.29, 1.82) is 0 Å². The second-order valence-electron chi connectivity index (χ2n) is 6.86. The first-order chi connectivity index (χ1) is 11.8. The van der Waals surface area contributed by atoms with Crippen molar-refractivity contribution in [2.75, 3.05) is 19.7 Å². The number of benzene rings is 1. The lowest BCUT2D eigenvalue weighted by Crippen LogP contribution is -2.37. The molecule has 0 spiro atoms. The number of pyridine rings is 1. The van der Waals surface area contributed by atoms with E-state index in [0.29, 0.717) is 19.0 Å². The van der Waals surface area contributed by atoms with Crippen LogP contribution in [0.1, 0.15) is 54.6 Å². The van der Waals surface area contributed by atoms with Crippen LogP contribution in [-0.2, 0) is 4.74 Å². The van der Waals surface area contributed by atoms with Crippen molar-refractivity contribution in [2.24, 2.45) is 0 Å². The highest BCUT2D eigenvalue weighted by atomic mass is 16.5. The number of carbonyl (C=O) groups excluding carboxylic acids is 1. The van der Waals surface area contributed by atoms with E-state index >= 15 is 0 Å². The number of amides is 1. The van der Waals surface area contributed by atoms with Crippen molar-refractivity contribution in [1.82, 2.24) is 9.88 Å². The molecule has 1 saturated heterocycles. The van der Waals surface area contributed by atoms with Crippen LogP contribution in [0.5, 0.6) is 0 Å². The fourth-order valence-corrected chi connectivity index (χ4v) is 3.52. The zero-order valence-corrected chi connectivity index (χ0v) is 14.2. The van der Waals surface area contributed by atoms with Gasteiger partial charge in [0.15, 0.2) is 0 Å². The van der Waals surface area contributed by atoms with Gasteiger partial charge in [-0.25, -0.2) is 0 Å². The quantitative estimate of drug-likeness (QED) is 0.841. The number of likely N-dealkylation sites (N-methyl/N-ethyl adjacent to an activating group) is 1. The van der Waals surface area contributed by atoms with Gasteiger partial charge in [0.25, 0.3) is 5.91 Å². The van der Waals surface area contributed by atoms with Crippen LogP contribution in [0.4, 0.5) is 0 Å². The average molecular weight is 324 g/mol. The maximum Gasteiger partial charge on any atom is 0.254 e. The van der Waals surface area contributed by atoms with E-state index in [2.05, 4.69) is 0 Å². The van der Waals surface area contributed by atoms with Gasteiger partial charge in [0.1, 0.15) is 0 Å². The molecule has 0 unspecified atom stereocenters. The smallest absolute Gasteiger partial charge is 0.254 e. The summed E-state index contributed by atoms with van der Waals surface area (Å²) in [4.78, 5) is 19.9. The van der Waals surface area contributed by atoms with Crippen molar-refractivity contribution >= 4 is 16.8 Å². The molecule has 0 radical (unpaired) electrons. The minimum atomic E-state index is 0.105. The zero-order valence-electron chi connectivity index (χ0n) is 14.2. The van der Waals surface area contributed by atoms with Crippen LogP contribution in [-0.4, -0.2) is 41.6 Å². The van der Waals surface area contributed by atoms with E-state index in [9.17, 15) is 4.79 Å². The van der Waals surface area contributed by atoms with E-state index in [1.54, 1.807) is 0 Å². The highest BCUT2D eigenvalue weighted by Gasteiger charge is 2.28. The van der Waals surface area contributed by atoms with Gasteiger partial charge < -0.3 is 9.64 Å². The summed E-state index contributed by atoms with van der Waals surface area (Å²) in [6, 6.07) is 10.0. The van der Waals surface area contributed by atoms with E-state index in [0.717, 1.165) is 41.6 Å². The maximum atomic E-state index is 13.2. The number of fused-ring (bicyclic) bond motifs is 1. The van der Waals surface area contributed by atoms with Crippen molar-refractivity contribution < 1.29 is 9.53 Å². The molecule has 0 bridgehead atoms. The highest BCUT2D eigenvalue weighted by molar-refractivity contribution is 6.06. The van der Waals surface area contributed by atoms with Gasteiger partial charge in [-0.3, -0.25) is 9.78 Å². The minimum absolute atomic E-state index is 0.105. The van der Waals surface area contributed by atoms with Crippen LogP contribution in [0, 0.1) is 0 Å². The molecule has 2 aromatic rings. The molecule has 24 heavy (non-hydrogen) atoms. The molecule has 4 rings (SSSR count). The summed E-state index contributed by atoms with van der Waals surface area (Å²) >= 11 is 0. The Morgan fingerprint density at radius 2 is 2.12 bits per heavy atom. The number of para-hydroxylation sites is 1. The molecular formula is C20H24N2O2. The van der Waals surface area contributed by atoms with Crippen LogP contribution in [0.3, 0.4) is 0 Å². The Hall–Kier alpha value is -1.94. The summed E-state index contributed by atoms with van der Waals surface area (Å²) in [7, 11) is 0. The van der Waals surface area contributed by atoms with E-state index in [4.69, 9.17) is 9.72 Å². The second kappa shape index (κ2) is 6.52. The van der Waals surface area contributed by atoms with Gasteiger partial charge in [0.2, 0.25) is 0 Å². The topological polar surface area (TPSA) is 42.4 Å². The first kappa shape index (κ1) is 15.6. The summed E-state index contributed by atoms with van der Waals surface area (Å²) in [5, 5.41) is 0.956. The van der Waals surface area contributed by atoms with Crippen LogP contribution < -0.4 is 0 Å². The molecular weight excluding hydrogens is 300 g/mol. The normalized spacial score (nSPS) is 20.5. The van der Waals surface area contributed by atoms with Crippen molar-refractivity contribution in [3.8, 4) is 0 Å². The molecule has 1 saturated carbocycles. The molecule has 2 heterocycles. The molecule has 4 heteroatoms. The number of rotatable bonds is 5. The first-order valence-corrected chi connectivity index (χ1v) is 9.07. The number of ether oxygens (including phenoxy) is 1. The standard InChI is InChI=1S/C20H24N2O2/c1-2-22(13-15-6-5-11-24-15)20(23)17-12-19(14-9-10-14)21-18-8-4-3-7-16(17)18/h3-4,7-8,12,14-15H,2,5-6,9-11,13H2,1H3/t15-/m1/s1. The van der Waals surface area contributed by atoms with E-state index in [-0.39, 0.29) is 12.0 Å². The number of aromatic nitrogens is 1. The molecule has 0 N–H and O–H groups in total. The maximum absolute atomic E-state index is 13.2. The van der Waals surface area contributed by atoms with Crippen molar-refractivity contribution in [3.05, 3.63) is 41.6 Å². The molecule has 1 aromatic carbocycles. The van der Waals surface area contributed by atoms with Crippen LogP contribution in [0.2, 0.25) is 0 Å². The Bertz CT molecular complexity index is 748. The van der Waals surface area contributed by atoms with Gasteiger partial charge in [-0.15, -0.1) is 0 Å². The molecule has 4 nitrogen and oxygen atoms in total. The summed E-state index contributed by atoms with van der Waals surface area (Å²) < 4.78 is 5.72. The summed E-state index contributed by atoms with van der Waals surface area (Å²) in [5.41, 5.74) is 2.80. The third-order valence-electron chi connectivity index (χ3n) is 5.08. The van der Waals surface area contributed by atoms with Crippen LogP contribution >= 0.6 is 0 Å². The fraction of sp³-hybridized carbons (Fsp3) is 0.500. The van der Waals surface area contributed by atoms with Gasteiger partial charge >= 0.3 is 0 Å². The van der Waals surface area contributed by atoms with Gasteiger partial charge in [0, 0.05) is 36.7 Å². The Morgan fingerprint density at radius 3 is 2.83 bits per heavy atom. The van der Waals surface area contributed by atoms with E-state index in [1.807, 2.05) is 42.2 Å². The lowest BCUT2D eigenvalue weighted by Gasteiger charge is -2.25. The van der Waals surface area contributed by atoms with E-state index in [1.165, 1.54) is 12.8 Å². The highest BCUT2D eigenvalue weighted by Crippen LogP contribution is 2.40. The Labute approximate surface area is 142 Å². The molecule has 1 aromatic heterocycles. The third-order valence-corrected chi connectivity index (χ3v) is 5.08. The largest absolute Gasteiger partial charge is 0.376 e. The number of hydrogen-bond acceptors (Lipinski definition) is 3. The third kappa shape index (κ3) is 3.03. The molecule has 126 valence electrons. The molecule has 1 atom stereocenters.